The van der Waals surface area contributed by atoms with Gasteiger partial charge >= 0.3 is 0 Å². The van der Waals surface area contributed by atoms with Crippen molar-refractivity contribution in [2.24, 2.45) is 0 Å². The van der Waals surface area contributed by atoms with Crippen LogP contribution in [-0.4, -0.2) is 9.97 Å². The zero-order valence-corrected chi connectivity index (χ0v) is 14.2. The standard InChI is InChI=1S/C19H12N2OS2/c22-18-15-8-4-5-9-16(15)24-19(21-18)13-10-11-20-17(12-13)23-14-6-2-1-3-7-14/h1-12H. The van der Waals surface area contributed by atoms with Crippen LogP contribution in [0.2, 0.25) is 0 Å². The summed E-state index contributed by atoms with van der Waals surface area (Å²) >= 11 is 3.11. The Morgan fingerprint density at radius 3 is 2.58 bits per heavy atom. The van der Waals surface area contributed by atoms with Gasteiger partial charge in [0.15, 0.2) is 0 Å². The molecule has 116 valence electrons. The molecule has 0 N–H and O–H groups in total. The summed E-state index contributed by atoms with van der Waals surface area (Å²) in [6, 6.07) is 21.5. The molecular formula is C19H12N2OS2. The number of pyridine rings is 1. The molecule has 3 nitrogen and oxygen atoms in total. The molecule has 0 aliphatic carbocycles. The van der Waals surface area contributed by atoms with E-state index in [1.165, 1.54) is 11.3 Å². The van der Waals surface area contributed by atoms with E-state index in [9.17, 15) is 4.79 Å². The number of fused-ring (bicyclic) bond motifs is 1. The maximum absolute atomic E-state index is 12.2. The molecule has 0 unspecified atom stereocenters. The van der Waals surface area contributed by atoms with Crippen LogP contribution in [0.1, 0.15) is 0 Å². The Hall–Kier alpha value is -2.50. The topological polar surface area (TPSA) is 42.9 Å². The lowest BCUT2D eigenvalue weighted by Gasteiger charge is -2.04. The van der Waals surface area contributed by atoms with Crippen LogP contribution in [0.5, 0.6) is 0 Å². The second-order valence-electron chi connectivity index (χ2n) is 5.12. The summed E-state index contributed by atoms with van der Waals surface area (Å²) in [5.74, 6) is 0. The van der Waals surface area contributed by atoms with Crippen molar-refractivity contribution in [3.05, 3.63) is 83.3 Å². The maximum atomic E-state index is 12.2. The Morgan fingerprint density at radius 1 is 0.917 bits per heavy atom. The number of benzene rings is 2. The maximum Gasteiger partial charge on any atom is 0.279 e. The summed E-state index contributed by atoms with van der Waals surface area (Å²) in [5.41, 5.74) is 0.727. The van der Waals surface area contributed by atoms with Crippen molar-refractivity contribution >= 4 is 33.2 Å². The first-order chi connectivity index (χ1) is 11.8. The number of nitrogens with zero attached hydrogens (tertiary/aromatic N) is 2. The van der Waals surface area contributed by atoms with Gasteiger partial charge in [-0.3, -0.25) is 4.79 Å². The molecule has 0 bridgehead atoms. The zero-order chi connectivity index (χ0) is 16.4. The van der Waals surface area contributed by atoms with Crippen LogP contribution >= 0.6 is 23.1 Å². The van der Waals surface area contributed by atoms with E-state index < -0.39 is 0 Å². The monoisotopic (exact) mass is 348 g/mol. The fourth-order valence-corrected chi connectivity index (χ4v) is 4.17. The van der Waals surface area contributed by atoms with Crippen LogP contribution in [0, 0.1) is 0 Å². The predicted molar refractivity (Wildman–Crippen MR) is 99.7 cm³/mol. The van der Waals surface area contributed by atoms with E-state index in [0.717, 1.165) is 25.2 Å². The lowest BCUT2D eigenvalue weighted by molar-refractivity contribution is 1.13. The number of hydrogen-bond acceptors (Lipinski definition) is 5. The Balaban J connectivity index is 1.75. The molecule has 4 rings (SSSR count). The number of hydrogen-bond donors (Lipinski definition) is 0. The van der Waals surface area contributed by atoms with Crippen LogP contribution in [-0.2, 0) is 0 Å². The second-order valence-corrected chi connectivity index (χ2v) is 7.24. The van der Waals surface area contributed by atoms with Gasteiger partial charge in [-0.25, -0.2) is 4.98 Å². The first-order valence-corrected chi connectivity index (χ1v) is 9.02. The molecular weight excluding hydrogens is 336 g/mol. The zero-order valence-electron chi connectivity index (χ0n) is 12.5. The third kappa shape index (κ3) is 3.09. The Morgan fingerprint density at radius 2 is 1.71 bits per heavy atom. The van der Waals surface area contributed by atoms with Gasteiger partial charge in [-0.1, -0.05) is 42.1 Å². The van der Waals surface area contributed by atoms with Crippen LogP contribution in [0.4, 0.5) is 0 Å². The van der Waals surface area contributed by atoms with Crippen LogP contribution in [0.15, 0.2) is 87.6 Å². The molecule has 0 saturated carbocycles. The Labute approximate surface area is 147 Å². The molecule has 0 spiro atoms. The minimum atomic E-state index is -0.187. The van der Waals surface area contributed by atoms with Gasteiger partial charge in [0.05, 0.1) is 5.39 Å². The molecule has 2 heterocycles. The fourth-order valence-electron chi connectivity index (χ4n) is 2.34. The van der Waals surface area contributed by atoms with Crippen molar-refractivity contribution in [2.45, 2.75) is 9.92 Å². The molecule has 2 aromatic heterocycles. The van der Waals surface area contributed by atoms with E-state index in [1.54, 1.807) is 18.0 Å². The second kappa shape index (κ2) is 6.55. The minimum absolute atomic E-state index is 0.187. The quantitative estimate of drug-likeness (QED) is 0.530. The summed E-state index contributed by atoms with van der Waals surface area (Å²) in [4.78, 5) is 22.0. The number of rotatable bonds is 3. The summed E-state index contributed by atoms with van der Waals surface area (Å²) in [7, 11) is 0. The molecule has 0 amide bonds. The number of aromatic nitrogens is 2. The molecule has 2 aromatic carbocycles. The van der Waals surface area contributed by atoms with E-state index in [-0.39, 0.29) is 5.56 Å². The lowest BCUT2D eigenvalue weighted by atomic mass is 10.2. The highest BCUT2D eigenvalue weighted by Gasteiger charge is 2.08. The highest BCUT2D eigenvalue weighted by atomic mass is 32.2. The van der Waals surface area contributed by atoms with E-state index >= 15 is 0 Å². The molecule has 4 aromatic rings. The van der Waals surface area contributed by atoms with E-state index in [1.807, 2.05) is 66.7 Å². The van der Waals surface area contributed by atoms with E-state index in [4.69, 9.17) is 0 Å². The molecule has 0 aliphatic rings. The van der Waals surface area contributed by atoms with Crippen molar-refractivity contribution in [2.75, 3.05) is 0 Å². The van der Waals surface area contributed by atoms with Gasteiger partial charge in [-0.2, -0.15) is 4.98 Å². The summed E-state index contributed by atoms with van der Waals surface area (Å²) < 4.78 is 0.946. The average Bonchev–Trinajstić information content (AvgIpc) is 2.63. The predicted octanol–water partition coefficient (Wildman–Crippen LogP) is 4.87. The SMILES string of the molecule is O=c1nc(-c2ccnc(Sc3ccccc3)c2)sc2ccccc12. The Bertz CT molecular complexity index is 1060. The van der Waals surface area contributed by atoms with Crippen molar-refractivity contribution in [1.29, 1.82) is 0 Å². The molecule has 0 radical (unpaired) electrons. The molecule has 0 atom stereocenters. The van der Waals surface area contributed by atoms with E-state index in [0.29, 0.717) is 5.39 Å². The average molecular weight is 348 g/mol. The van der Waals surface area contributed by atoms with Crippen LogP contribution in [0.3, 0.4) is 0 Å². The third-order valence-electron chi connectivity index (χ3n) is 3.47. The first-order valence-electron chi connectivity index (χ1n) is 7.39. The minimum Gasteiger partial charge on any atom is -0.267 e. The molecule has 0 saturated heterocycles. The molecule has 0 aliphatic heterocycles. The van der Waals surface area contributed by atoms with Crippen molar-refractivity contribution in [3.8, 4) is 10.6 Å². The Kier molecular flexibility index (Phi) is 4.11. The van der Waals surface area contributed by atoms with Crippen LogP contribution in [0.25, 0.3) is 20.7 Å². The molecule has 5 heteroatoms. The van der Waals surface area contributed by atoms with Gasteiger partial charge < -0.3 is 0 Å². The van der Waals surface area contributed by atoms with Crippen LogP contribution < -0.4 is 5.56 Å². The van der Waals surface area contributed by atoms with Gasteiger partial charge in [0.1, 0.15) is 10.0 Å². The lowest BCUT2D eigenvalue weighted by Crippen LogP contribution is -2.05. The van der Waals surface area contributed by atoms with Crippen molar-refractivity contribution in [3.63, 3.8) is 0 Å². The summed E-state index contributed by atoms with van der Waals surface area (Å²) in [6.07, 6.45) is 1.76. The van der Waals surface area contributed by atoms with Gasteiger partial charge in [-0.15, -0.1) is 11.3 Å². The normalized spacial score (nSPS) is 10.8. The highest BCUT2D eigenvalue weighted by molar-refractivity contribution is 7.99. The highest BCUT2D eigenvalue weighted by Crippen LogP contribution is 2.30. The fraction of sp³-hybridized carbons (Fsp3) is 0. The van der Waals surface area contributed by atoms with Gasteiger partial charge in [0, 0.05) is 21.4 Å². The largest absolute Gasteiger partial charge is 0.279 e. The molecule has 0 fully saturated rings. The van der Waals surface area contributed by atoms with Crippen molar-refractivity contribution in [1.82, 2.24) is 9.97 Å². The summed E-state index contributed by atoms with van der Waals surface area (Å²) in [5, 5.41) is 2.27. The molecule has 24 heavy (non-hydrogen) atoms. The van der Waals surface area contributed by atoms with Crippen molar-refractivity contribution < 1.29 is 0 Å². The van der Waals surface area contributed by atoms with Gasteiger partial charge in [0.25, 0.3) is 5.56 Å². The van der Waals surface area contributed by atoms with Gasteiger partial charge in [0.2, 0.25) is 0 Å². The van der Waals surface area contributed by atoms with E-state index in [2.05, 4.69) is 9.97 Å². The van der Waals surface area contributed by atoms with Gasteiger partial charge in [-0.05, 0) is 36.4 Å². The summed E-state index contributed by atoms with van der Waals surface area (Å²) in [6.45, 7) is 0. The third-order valence-corrected chi connectivity index (χ3v) is 5.51. The first kappa shape index (κ1) is 15.1. The smallest absolute Gasteiger partial charge is 0.267 e.